The summed E-state index contributed by atoms with van der Waals surface area (Å²) >= 11 is 0. The molecule has 0 fully saturated rings. The van der Waals surface area contributed by atoms with Crippen LogP contribution in [0.15, 0.2) is 60.7 Å². The summed E-state index contributed by atoms with van der Waals surface area (Å²) in [7, 11) is 0. The van der Waals surface area contributed by atoms with Gasteiger partial charge in [0.1, 0.15) is 35.4 Å². The minimum absolute atomic E-state index is 0.0635. The predicted molar refractivity (Wildman–Crippen MR) is 204 cm³/mol. The summed E-state index contributed by atoms with van der Waals surface area (Å²) in [6.07, 6.45) is -0.118. The molecule has 0 bridgehead atoms. The Morgan fingerprint density at radius 2 is 1.02 bits per heavy atom. The van der Waals surface area contributed by atoms with E-state index in [-0.39, 0.29) is 38.1 Å². The molecule has 2 rings (SSSR count). The van der Waals surface area contributed by atoms with Crippen molar-refractivity contribution in [2.24, 2.45) is 5.92 Å². The van der Waals surface area contributed by atoms with Crippen molar-refractivity contribution in [1.29, 1.82) is 0 Å². The number of ether oxygens (including phenoxy) is 2. The van der Waals surface area contributed by atoms with Gasteiger partial charge in [0.05, 0.1) is 0 Å². The van der Waals surface area contributed by atoms with Gasteiger partial charge in [0, 0.05) is 19.4 Å². The molecule has 0 aliphatic heterocycles. The largest absolute Gasteiger partial charge is 0.480 e. The Kier molecular flexibility index (Phi) is 18.0. The first-order chi connectivity index (χ1) is 25.2. The van der Waals surface area contributed by atoms with Crippen LogP contribution in [-0.4, -0.2) is 82.9 Å². The van der Waals surface area contributed by atoms with Gasteiger partial charge in [-0.25, -0.2) is 14.4 Å². The quantitative estimate of drug-likeness (QED) is 0.111. The lowest BCUT2D eigenvalue weighted by Gasteiger charge is -2.27. The minimum Gasteiger partial charge on any atom is -0.480 e. The van der Waals surface area contributed by atoms with Gasteiger partial charge in [-0.3, -0.25) is 14.4 Å². The highest BCUT2D eigenvalue weighted by atomic mass is 16.6. The summed E-state index contributed by atoms with van der Waals surface area (Å²) in [6, 6.07) is 13.4. The fourth-order valence-electron chi connectivity index (χ4n) is 5.32. The smallest absolute Gasteiger partial charge is 0.408 e. The van der Waals surface area contributed by atoms with Gasteiger partial charge in [0.2, 0.25) is 17.7 Å². The van der Waals surface area contributed by atoms with Crippen LogP contribution in [0.3, 0.4) is 0 Å². The van der Waals surface area contributed by atoms with E-state index >= 15 is 0 Å². The normalized spacial score (nSPS) is 13.7. The zero-order valence-electron chi connectivity index (χ0n) is 32.8. The number of carbonyl (C=O) groups is 6. The van der Waals surface area contributed by atoms with E-state index in [0.29, 0.717) is 12.8 Å². The molecule has 0 radical (unpaired) electrons. The van der Waals surface area contributed by atoms with Crippen molar-refractivity contribution in [3.63, 3.8) is 0 Å². The molecule has 0 aliphatic rings. The van der Waals surface area contributed by atoms with Gasteiger partial charge in [-0.05, 0) is 84.3 Å². The maximum Gasteiger partial charge on any atom is 0.408 e. The molecule has 4 atom stereocenters. The minimum atomic E-state index is -1.25. The van der Waals surface area contributed by atoms with E-state index in [1.165, 1.54) is 0 Å². The zero-order valence-corrected chi connectivity index (χ0v) is 32.8. The lowest BCUT2D eigenvalue weighted by Crippen LogP contribution is -2.58. The predicted octanol–water partition coefficient (Wildman–Crippen LogP) is 4.65. The molecule has 0 aromatic heterocycles. The molecule has 0 aliphatic carbocycles. The van der Waals surface area contributed by atoms with E-state index in [9.17, 15) is 33.9 Å². The maximum absolute atomic E-state index is 14.0. The second-order valence-electron chi connectivity index (χ2n) is 15.7. The molecule has 0 unspecified atom stereocenters. The molecule has 0 heterocycles. The van der Waals surface area contributed by atoms with Crippen LogP contribution in [0, 0.1) is 5.92 Å². The topological polar surface area (TPSA) is 201 Å². The van der Waals surface area contributed by atoms with Crippen molar-refractivity contribution in [3.8, 4) is 0 Å². The highest BCUT2D eigenvalue weighted by molar-refractivity contribution is 5.95. The average molecular weight is 754 g/mol. The number of nitrogens with one attached hydrogen (secondary N) is 5. The van der Waals surface area contributed by atoms with Crippen LogP contribution in [-0.2, 0) is 41.5 Å². The van der Waals surface area contributed by atoms with E-state index in [0.717, 1.165) is 11.1 Å². The third-order valence-corrected chi connectivity index (χ3v) is 7.75. The number of benzene rings is 2. The highest BCUT2D eigenvalue weighted by Gasteiger charge is 2.32. The summed E-state index contributed by atoms with van der Waals surface area (Å²) in [5.41, 5.74) is 0.0215. The fraction of sp³-hybridized carbons (Fsp3) is 0.550. The Labute approximate surface area is 318 Å². The number of carboxylic acids is 1. The number of alkyl carbamates (subject to hydrolysis) is 2. The van der Waals surface area contributed by atoms with Crippen molar-refractivity contribution in [2.45, 2.75) is 129 Å². The number of rotatable bonds is 19. The SMILES string of the molecule is CC(C)C[C@@H](NC(=O)[C@@H](Cc1ccccc1)NC(=O)[C@@H](Cc1ccccc1)NC(=O)OC(C)(C)C)C(=O)N[C@H](CCCCNC(=O)OC(C)(C)C)C(=O)O. The number of hydrogen-bond donors (Lipinski definition) is 6. The van der Waals surface area contributed by atoms with Crippen LogP contribution in [0.5, 0.6) is 0 Å². The Balaban J connectivity index is 2.23. The van der Waals surface area contributed by atoms with Crippen LogP contribution < -0.4 is 26.6 Å². The Bertz CT molecular complexity index is 1520. The molecule has 54 heavy (non-hydrogen) atoms. The molecule has 0 spiro atoms. The standard InChI is InChI=1S/C40H59N5O9/c1-26(2)23-30(33(46)42-29(36(49)50)21-15-16-22-41-37(51)53-39(3,4)5)43-34(47)31(24-27-17-11-9-12-18-27)44-35(48)32(25-28-19-13-10-14-20-28)45-38(52)54-40(6,7)8/h9-14,17-20,26,29-32H,15-16,21-25H2,1-8H3,(H,41,51)(H,42,46)(H,43,47)(H,44,48)(H,45,52)(H,49,50)/t29-,30-,31-,32-/m1/s1. The zero-order chi connectivity index (χ0) is 40.5. The summed E-state index contributed by atoms with van der Waals surface area (Å²) < 4.78 is 10.6. The van der Waals surface area contributed by atoms with E-state index in [4.69, 9.17) is 9.47 Å². The second-order valence-corrected chi connectivity index (χ2v) is 15.7. The Morgan fingerprint density at radius 1 is 0.593 bits per heavy atom. The molecule has 0 saturated carbocycles. The Morgan fingerprint density at radius 3 is 1.48 bits per heavy atom. The second kappa shape index (κ2) is 21.5. The number of hydrogen-bond acceptors (Lipinski definition) is 8. The lowest BCUT2D eigenvalue weighted by atomic mass is 9.99. The molecule has 14 nitrogen and oxygen atoms in total. The number of aliphatic carboxylic acids is 1. The average Bonchev–Trinajstić information content (AvgIpc) is 3.05. The Hall–Kier alpha value is -5.14. The van der Waals surface area contributed by atoms with Gasteiger partial charge in [-0.1, -0.05) is 74.5 Å². The van der Waals surface area contributed by atoms with Crippen LogP contribution in [0.25, 0.3) is 0 Å². The third kappa shape index (κ3) is 18.6. The first-order valence-electron chi connectivity index (χ1n) is 18.4. The maximum atomic E-state index is 14.0. The molecular weight excluding hydrogens is 694 g/mol. The van der Waals surface area contributed by atoms with E-state index in [1.54, 1.807) is 65.8 Å². The third-order valence-electron chi connectivity index (χ3n) is 7.75. The van der Waals surface area contributed by atoms with E-state index < -0.39 is 71.2 Å². The molecule has 14 heteroatoms. The number of carbonyl (C=O) groups excluding carboxylic acids is 5. The number of unbranched alkanes of at least 4 members (excludes halogenated alkanes) is 1. The van der Waals surface area contributed by atoms with Crippen LogP contribution in [0.2, 0.25) is 0 Å². The number of amides is 5. The van der Waals surface area contributed by atoms with Crippen molar-refractivity contribution >= 4 is 35.9 Å². The van der Waals surface area contributed by atoms with Crippen molar-refractivity contribution in [1.82, 2.24) is 26.6 Å². The van der Waals surface area contributed by atoms with Gasteiger partial charge >= 0.3 is 18.2 Å². The molecular formula is C40H59N5O9. The van der Waals surface area contributed by atoms with Gasteiger partial charge in [0.25, 0.3) is 0 Å². The summed E-state index contributed by atoms with van der Waals surface area (Å²) in [6.45, 7) is 14.3. The molecule has 0 saturated heterocycles. The molecule has 6 N–H and O–H groups in total. The first-order valence-corrected chi connectivity index (χ1v) is 18.4. The van der Waals surface area contributed by atoms with Crippen LogP contribution >= 0.6 is 0 Å². The van der Waals surface area contributed by atoms with Gasteiger partial charge < -0.3 is 41.2 Å². The van der Waals surface area contributed by atoms with Crippen LogP contribution in [0.4, 0.5) is 9.59 Å². The fourth-order valence-corrected chi connectivity index (χ4v) is 5.32. The molecule has 5 amide bonds. The monoisotopic (exact) mass is 753 g/mol. The molecule has 298 valence electrons. The highest BCUT2D eigenvalue weighted by Crippen LogP contribution is 2.13. The lowest BCUT2D eigenvalue weighted by molar-refractivity contribution is -0.142. The summed E-state index contributed by atoms with van der Waals surface area (Å²) in [5.74, 6) is -3.30. The summed E-state index contributed by atoms with van der Waals surface area (Å²) in [5, 5.41) is 23.3. The van der Waals surface area contributed by atoms with Crippen molar-refractivity contribution < 1.29 is 43.3 Å². The van der Waals surface area contributed by atoms with Gasteiger partial charge in [-0.15, -0.1) is 0 Å². The number of carboxylic acid groups (broad SMARTS) is 1. The molecule has 2 aromatic rings. The van der Waals surface area contributed by atoms with Crippen LogP contribution in [0.1, 0.15) is 92.2 Å². The van der Waals surface area contributed by atoms with E-state index in [1.807, 2.05) is 50.2 Å². The molecule has 2 aromatic carbocycles. The van der Waals surface area contributed by atoms with Gasteiger partial charge in [-0.2, -0.15) is 0 Å². The van der Waals surface area contributed by atoms with E-state index in [2.05, 4.69) is 26.6 Å². The van der Waals surface area contributed by atoms with Crippen molar-refractivity contribution in [3.05, 3.63) is 71.8 Å². The van der Waals surface area contributed by atoms with Crippen molar-refractivity contribution in [2.75, 3.05) is 6.54 Å². The van der Waals surface area contributed by atoms with Gasteiger partial charge in [0.15, 0.2) is 0 Å². The summed E-state index contributed by atoms with van der Waals surface area (Å²) in [4.78, 5) is 78.3. The first kappa shape index (κ1) is 45.0.